The van der Waals surface area contributed by atoms with E-state index in [0.717, 1.165) is 25.2 Å². The summed E-state index contributed by atoms with van der Waals surface area (Å²) in [5.41, 5.74) is 1.29. The minimum Gasteiger partial charge on any atom is -0.467 e. The van der Waals surface area contributed by atoms with E-state index in [9.17, 15) is 4.79 Å². The first-order valence-electron chi connectivity index (χ1n) is 8.53. The van der Waals surface area contributed by atoms with E-state index in [2.05, 4.69) is 34.9 Å². The zero-order valence-corrected chi connectivity index (χ0v) is 13.5. The van der Waals surface area contributed by atoms with Gasteiger partial charge in [0.15, 0.2) is 0 Å². The number of hydrogen-bond acceptors (Lipinski definition) is 3. The Balaban J connectivity index is 1.36. The maximum absolute atomic E-state index is 12.2. The summed E-state index contributed by atoms with van der Waals surface area (Å²) in [6.07, 6.45) is 3.85. The quantitative estimate of drug-likeness (QED) is 0.888. The van der Waals surface area contributed by atoms with Crippen LogP contribution >= 0.6 is 0 Å². The number of amides is 2. The van der Waals surface area contributed by atoms with Crippen LogP contribution in [0.1, 0.15) is 17.7 Å². The Bertz CT molecular complexity index is 671. The molecule has 2 amide bonds. The van der Waals surface area contributed by atoms with E-state index in [4.69, 9.17) is 9.15 Å². The molecular weight excluding hydrogens is 304 g/mol. The monoisotopic (exact) mass is 326 g/mol. The van der Waals surface area contributed by atoms with Gasteiger partial charge >= 0.3 is 6.03 Å². The van der Waals surface area contributed by atoms with Gasteiger partial charge in [-0.3, -0.25) is 0 Å². The van der Waals surface area contributed by atoms with Crippen molar-refractivity contribution in [2.24, 2.45) is 11.8 Å². The number of carbonyl (C=O) groups excluding carboxylic acids is 1. The number of carbonyl (C=O) groups is 1. The Morgan fingerprint density at radius 2 is 2.04 bits per heavy atom. The highest BCUT2D eigenvalue weighted by Gasteiger charge is 2.54. The predicted octanol–water partition coefficient (Wildman–Crippen LogP) is 2.73. The van der Waals surface area contributed by atoms with Gasteiger partial charge in [0.1, 0.15) is 5.76 Å². The van der Waals surface area contributed by atoms with Gasteiger partial charge in [-0.25, -0.2) is 4.79 Å². The Morgan fingerprint density at radius 1 is 1.17 bits per heavy atom. The molecule has 0 radical (unpaired) electrons. The van der Waals surface area contributed by atoms with Crippen LogP contribution in [-0.4, -0.2) is 24.8 Å². The van der Waals surface area contributed by atoms with E-state index in [1.807, 2.05) is 18.2 Å². The zero-order chi connectivity index (χ0) is 16.4. The van der Waals surface area contributed by atoms with E-state index in [0.29, 0.717) is 18.4 Å². The van der Waals surface area contributed by atoms with E-state index >= 15 is 0 Å². The average molecular weight is 326 g/mol. The van der Waals surface area contributed by atoms with Crippen LogP contribution in [0.2, 0.25) is 0 Å². The molecule has 2 aliphatic rings. The molecule has 2 heterocycles. The van der Waals surface area contributed by atoms with Crippen LogP contribution in [0.25, 0.3) is 0 Å². The van der Waals surface area contributed by atoms with E-state index in [-0.39, 0.29) is 18.2 Å². The number of rotatable bonds is 5. The van der Waals surface area contributed by atoms with Crippen molar-refractivity contribution in [2.45, 2.75) is 31.5 Å². The largest absolute Gasteiger partial charge is 0.467 e. The maximum atomic E-state index is 12.2. The van der Waals surface area contributed by atoms with Crippen LogP contribution in [0.3, 0.4) is 0 Å². The summed E-state index contributed by atoms with van der Waals surface area (Å²) in [6, 6.07) is 14.1. The number of benzene rings is 1. The second-order valence-electron chi connectivity index (χ2n) is 6.57. The average Bonchev–Trinajstić information content (AvgIpc) is 3.27. The van der Waals surface area contributed by atoms with Gasteiger partial charge in [0, 0.05) is 24.5 Å². The molecule has 5 nitrogen and oxygen atoms in total. The molecule has 4 atom stereocenters. The number of nitrogens with one attached hydrogen (secondary N) is 2. The van der Waals surface area contributed by atoms with E-state index in [1.165, 1.54) is 5.56 Å². The molecule has 0 bridgehead atoms. The minimum absolute atomic E-state index is 0.139. The summed E-state index contributed by atoms with van der Waals surface area (Å²) >= 11 is 0. The van der Waals surface area contributed by atoms with Gasteiger partial charge in [-0.05, 0) is 30.5 Å². The highest BCUT2D eigenvalue weighted by Crippen LogP contribution is 2.45. The summed E-state index contributed by atoms with van der Waals surface area (Å²) in [4.78, 5) is 12.2. The Morgan fingerprint density at radius 3 is 2.83 bits per heavy atom. The first-order chi connectivity index (χ1) is 11.8. The van der Waals surface area contributed by atoms with Crippen molar-refractivity contribution in [1.29, 1.82) is 0 Å². The van der Waals surface area contributed by atoms with Crippen molar-refractivity contribution in [3.8, 4) is 0 Å². The lowest BCUT2D eigenvalue weighted by Crippen LogP contribution is -2.63. The van der Waals surface area contributed by atoms with Crippen LogP contribution in [0.15, 0.2) is 53.1 Å². The highest BCUT2D eigenvalue weighted by atomic mass is 16.5. The third-order valence-electron chi connectivity index (χ3n) is 5.14. The zero-order valence-electron chi connectivity index (χ0n) is 13.5. The molecule has 1 aromatic heterocycles. The van der Waals surface area contributed by atoms with Crippen LogP contribution in [0, 0.1) is 11.8 Å². The van der Waals surface area contributed by atoms with Crippen molar-refractivity contribution in [2.75, 3.05) is 6.61 Å². The van der Waals surface area contributed by atoms with Crippen LogP contribution in [-0.2, 0) is 17.7 Å². The van der Waals surface area contributed by atoms with Crippen molar-refractivity contribution >= 4 is 6.03 Å². The van der Waals surface area contributed by atoms with Gasteiger partial charge in [-0.15, -0.1) is 0 Å². The van der Waals surface area contributed by atoms with Crippen LogP contribution in [0.4, 0.5) is 4.79 Å². The summed E-state index contributed by atoms with van der Waals surface area (Å²) in [7, 11) is 0. The minimum atomic E-state index is -0.139. The molecule has 0 spiro atoms. The Kier molecular flexibility index (Phi) is 4.26. The molecule has 2 aromatic rings. The molecular formula is C19H22N2O3. The standard InChI is InChI=1S/C19H22N2O3/c22-19(20-12-14-7-4-9-23-14)21-17-15-8-10-24-18(15)16(17)11-13-5-2-1-3-6-13/h1-7,9,15-18H,8,10-12H2,(H2,20,21,22)/t15-,16+,17-,18-/m0/s1. The molecule has 126 valence electrons. The van der Waals surface area contributed by atoms with Gasteiger partial charge in [0.2, 0.25) is 0 Å². The number of furan rings is 1. The van der Waals surface area contributed by atoms with E-state index in [1.54, 1.807) is 6.26 Å². The summed E-state index contributed by atoms with van der Waals surface area (Å²) in [6.45, 7) is 1.20. The molecule has 2 N–H and O–H groups in total. The SMILES string of the molecule is O=C(NCc1ccco1)N[C@@H]1[C@@H](Cc2ccccc2)[C@H]2OCC[C@@H]12. The topological polar surface area (TPSA) is 63.5 Å². The lowest BCUT2D eigenvalue weighted by molar-refractivity contribution is -0.0515. The maximum Gasteiger partial charge on any atom is 0.315 e. The molecule has 1 aromatic carbocycles. The highest BCUT2D eigenvalue weighted by molar-refractivity contribution is 5.74. The third-order valence-corrected chi connectivity index (χ3v) is 5.14. The molecule has 2 fully saturated rings. The van der Waals surface area contributed by atoms with Gasteiger partial charge in [-0.1, -0.05) is 30.3 Å². The van der Waals surface area contributed by atoms with Crippen LogP contribution in [0.5, 0.6) is 0 Å². The number of fused-ring (bicyclic) bond motifs is 1. The predicted molar refractivity (Wildman–Crippen MR) is 89.4 cm³/mol. The third kappa shape index (κ3) is 3.04. The summed E-state index contributed by atoms with van der Waals surface area (Å²) < 4.78 is 11.1. The lowest BCUT2D eigenvalue weighted by Gasteiger charge is -2.48. The fourth-order valence-corrected chi connectivity index (χ4v) is 3.96. The Labute approximate surface area is 141 Å². The first kappa shape index (κ1) is 15.3. The molecule has 5 heteroatoms. The van der Waals surface area contributed by atoms with Crippen LogP contribution < -0.4 is 10.6 Å². The molecule has 1 saturated carbocycles. The second-order valence-corrected chi connectivity index (χ2v) is 6.57. The Hall–Kier alpha value is -2.27. The number of ether oxygens (including phenoxy) is 1. The van der Waals surface area contributed by atoms with Gasteiger partial charge in [0.05, 0.1) is 18.9 Å². The number of hydrogen-bond donors (Lipinski definition) is 2. The molecule has 24 heavy (non-hydrogen) atoms. The van der Waals surface area contributed by atoms with Crippen molar-refractivity contribution in [3.63, 3.8) is 0 Å². The smallest absolute Gasteiger partial charge is 0.315 e. The molecule has 1 aliphatic heterocycles. The van der Waals surface area contributed by atoms with E-state index < -0.39 is 0 Å². The van der Waals surface area contributed by atoms with Gasteiger partial charge in [0.25, 0.3) is 0 Å². The van der Waals surface area contributed by atoms with Gasteiger partial charge in [-0.2, -0.15) is 0 Å². The molecule has 1 aliphatic carbocycles. The van der Waals surface area contributed by atoms with Crippen molar-refractivity contribution < 1.29 is 13.9 Å². The van der Waals surface area contributed by atoms with Crippen molar-refractivity contribution in [3.05, 3.63) is 60.1 Å². The second kappa shape index (κ2) is 6.69. The number of urea groups is 1. The van der Waals surface area contributed by atoms with Crippen molar-refractivity contribution in [1.82, 2.24) is 10.6 Å². The van der Waals surface area contributed by atoms with Gasteiger partial charge < -0.3 is 19.8 Å². The summed E-state index contributed by atoms with van der Waals surface area (Å²) in [5.74, 6) is 1.53. The molecule has 4 rings (SSSR count). The molecule has 0 unspecified atom stereocenters. The normalized spacial score (nSPS) is 28.0. The molecule has 1 saturated heterocycles. The fourth-order valence-electron chi connectivity index (χ4n) is 3.96. The lowest BCUT2D eigenvalue weighted by atomic mass is 9.64. The summed E-state index contributed by atoms with van der Waals surface area (Å²) in [5, 5.41) is 6.01. The first-order valence-corrected chi connectivity index (χ1v) is 8.53. The fraction of sp³-hybridized carbons (Fsp3) is 0.421.